The van der Waals surface area contributed by atoms with E-state index in [4.69, 9.17) is 23.4 Å². The number of carboxylic acids is 1. The number of fused-ring (bicyclic) bond motifs is 1. The van der Waals surface area contributed by atoms with E-state index in [0.29, 0.717) is 0 Å². The van der Waals surface area contributed by atoms with Crippen LogP contribution in [0, 0.1) is 0 Å². The van der Waals surface area contributed by atoms with Gasteiger partial charge in [-0.1, -0.05) is 0 Å². The summed E-state index contributed by atoms with van der Waals surface area (Å²) in [6.07, 6.45) is -18.8. The molecule has 0 unspecified atom stereocenters. The molecule has 2 aliphatic heterocycles. The van der Waals surface area contributed by atoms with Gasteiger partial charge in [-0.2, -0.15) is 0 Å². The maximum atomic E-state index is 13.7. The van der Waals surface area contributed by atoms with E-state index < -0.39 is 119 Å². The second-order valence-corrected chi connectivity index (χ2v) is 10.3. The average Bonchev–Trinajstić information content (AvgIpc) is 2.99. The Morgan fingerprint density at radius 2 is 1.40 bits per heavy atom. The number of hydrogen-bond acceptors (Lipinski definition) is 17. The SMILES string of the molecule is O=C(O)[C@H]1O[C@@H](Oc2c(-c3ccc(O)c(O)c3)oc3cc(O[C@@H]4O[C@H](CO)[C@@H](O)[C@H](O)[C@H]4O)cc(O)c3c2=O)[C@H](O)[C@@H](O)[C@@H]1O. The maximum Gasteiger partial charge on any atom is 0.335 e. The normalized spacial score (nSPS) is 31.9. The molecule has 18 nitrogen and oxygen atoms in total. The first-order valence-electron chi connectivity index (χ1n) is 13.2. The van der Waals surface area contributed by atoms with Gasteiger partial charge in [0.05, 0.1) is 6.61 Å². The molecule has 0 radical (unpaired) electrons. The molecule has 5 rings (SSSR count). The number of carbonyl (C=O) groups is 1. The van der Waals surface area contributed by atoms with Gasteiger partial charge in [-0.3, -0.25) is 4.79 Å². The number of aliphatic hydroxyl groups excluding tert-OH is 7. The van der Waals surface area contributed by atoms with E-state index in [-0.39, 0.29) is 11.3 Å². The predicted octanol–water partition coefficient (Wildman–Crippen LogP) is -2.97. The van der Waals surface area contributed by atoms with Crippen LogP contribution in [-0.4, -0.2) is 130 Å². The first-order valence-corrected chi connectivity index (χ1v) is 13.2. The van der Waals surface area contributed by atoms with Gasteiger partial charge in [0.25, 0.3) is 0 Å². The highest BCUT2D eigenvalue weighted by Gasteiger charge is 2.49. The third kappa shape index (κ3) is 5.81. The summed E-state index contributed by atoms with van der Waals surface area (Å²) in [5, 5.41) is 110. The van der Waals surface area contributed by atoms with E-state index in [0.717, 1.165) is 30.3 Å². The fourth-order valence-corrected chi connectivity index (χ4v) is 4.85. The molecule has 1 aromatic heterocycles. The van der Waals surface area contributed by atoms with Crippen LogP contribution >= 0.6 is 0 Å². The van der Waals surface area contributed by atoms with Crippen molar-refractivity contribution in [2.45, 2.75) is 61.4 Å². The van der Waals surface area contributed by atoms with Crippen LogP contribution in [0.5, 0.6) is 28.7 Å². The monoisotopic (exact) mass is 640 g/mol. The number of carboxylic acid groups (broad SMARTS) is 1. The van der Waals surface area contributed by atoms with E-state index >= 15 is 0 Å². The highest BCUT2D eigenvalue weighted by Crippen LogP contribution is 2.40. The molecule has 0 spiro atoms. The minimum absolute atomic E-state index is 0.139. The molecule has 2 aromatic carbocycles. The van der Waals surface area contributed by atoms with E-state index in [1.54, 1.807) is 0 Å². The Hall–Kier alpha value is -4.24. The van der Waals surface area contributed by atoms with Crippen LogP contribution in [0.3, 0.4) is 0 Å². The summed E-state index contributed by atoms with van der Waals surface area (Å²) in [6, 6.07) is 5.04. The number of phenols is 3. The molecular weight excluding hydrogens is 612 g/mol. The summed E-state index contributed by atoms with van der Waals surface area (Å²) in [5.74, 6) is -5.46. The smallest absolute Gasteiger partial charge is 0.335 e. The lowest BCUT2D eigenvalue weighted by molar-refractivity contribution is -0.277. The fourth-order valence-electron chi connectivity index (χ4n) is 4.85. The Kier molecular flexibility index (Phi) is 8.77. The van der Waals surface area contributed by atoms with Crippen molar-refractivity contribution in [3.63, 3.8) is 0 Å². The average molecular weight is 641 g/mol. The first-order chi connectivity index (χ1) is 21.2. The number of rotatable bonds is 7. The molecule has 45 heavy (non-hydrogen) atoms. The quantitative estimate of drug-likeness (QED) is 0.115. The van der Waals surface area contributed by atoms with Gasteiger partial charge in [-0.25, -0.2) is 4.79 Å². The van der Waals surface area contributed by atoms with Crippen LogP contribution in [0.2, 0.25) is 0 Å². The molecule has 2 saturated heterocycles. The molecular formula is C27H28O18. The standard InChI is InChI=1S/C27H28O18/c28-6-13-15(32)17(34)20(37)26(43-13)41-8-4-11(31)14-12(5-8)42-22(7-1-2-9(29)10(30)3-7)23(16(14)33)44-27-21(38)18(35)19(36)24(45-27)25(39)40/h1-5,13,15,17-21,24,26-32,34-38H,6H2,(H,39,40)/t13-,15-,17+,18+,19+,20-,21-,24+,26-,27-/m1/s1. The van der Waals surface area contributed by atoms with Crippen molar-refractivity contribution in [1.29, 1.82) is 0 Å². The van der Waals surface area contributed by atoms with Crippen LogP contribution in [0.4, 0.5) is 0 Å². The zero-order chi connectivity index (χ0) is 32.9. The molecule has 10 atom stereocenters. The Balaban J connectivity index is 1.61. The molecule has 18 heteroatoms. The molecule has 2 aliphatic rings. The third-order valence-electron chi connectivity index (χ3n) is 7.29. The summed E-state index contributed by atoms with van der Waals surface area (Å²) in [7, 11) is 0. The van der Waals surface area contributed by atoms with Gasteiger partial charge in [0.2, 0.25) is 23.8 Å². The Morgan fingerprint density at radius 1 is 0.756 bits per heavy atom. The minimum atomic E-state index is -2.10. The number of aliphatic hydroxyl groups is 7. The van der Waals surface area contributed by atoms with Gasteiger partial charge in [-0.15, -0.1) is 0 Å². The second kappa shape index (κ2) is 12.3. The predicted molar refractivity (Wildman–Crippen MR) is 142 cm³/mol. The van der Waals surface area contributed by atoms with Crippen molar-refractivity contribution in [3.8, 4) is 40.1 Å². The number of benzene rings is 2. The van der Waals surface area contributed by atoms with Crippen molar-refractivity contribution < 1.29 is 84.3 Å². The summed E-state index contributed by atoms with van der Waals surface area (Å²) in [6.45, 7) is -0.753. The molecule has 3 heterocycles. The Labute approximate surface area is 250 Å². The molecule has 0 bridgehead atoms. The summed E-state index contributed by atoms with van der Waals surface area (Å²) in [5.41, 5.74) is -1.71. The van der Waals surface area contributed by atoms with Gasteiger partial charge in [0, 0.05) is 17.7 Å². The van der Waals surface area contributed by atoms with Crippen molar-refractivity contribution in [3.05, 3.63) is 40.6 Å². The lowest BCUT2D eigenvalue weighted by Crippen LogP contribution is -2.61. The largest absolute Gasteiger partial charge is 0.507 e. The number of aromatic hydroxyl groups is 3. The molecule has 3 aromatic rings. The zero-order valence-electron chi connectivity index (χ0n) is 22.6. The Bertz CT molecular complexity index is 1640. The first kappa shape index (κ1) is 32.2. The van der Waals surface area contributed by atoms with Crippen LogP contribution < -0.4 is 14.9 Å². The van der Waals surface area contributed by atoms with Crippen molar-refractivity contribution >= 4 is 16.9 Å². The molecule has 0 saturated carbocycles. The second-order valence-electron chi connectivity index (χ2n) is 10.3. The minimum Gasteiger partial charge on any atom is -0.507 e. The lowest BCUT2D eigenvalue weighted by atomic mass is 9.99. The lowest BCUT2D eigenvalue weighted by Gasteiger charge is -2.39. The maximum absolute atomic E-state index is 13.7. The summed E-state index contributed by atoms with van der Waals surface area (Å²) >= 11 is 0. The summed E-state index contributed by atoms with van der Waals surface area (Å²) < 4.78 is 27.2. The van der Waals surface area contributed by atoms with Crippen molar-refractivity contribution in [2.75, 3.05) is 6.61 Å². The summed E-state index contributed by atoms with van der Waals surface area (Å²) in [4.78, 5) is 25.3. The molecule has 11 N–H and O–H groups in total. The van der Waals surface area contributed by atoms with Gasteiger partial charge >= 0.3 is 5.97 Å². The van der Waals surface area contributed by atoms with Gasteiger partial charge < -0.3 is 79.5 Å². The van der Waals surface area contributed by atoms with Crippen LogP contribution in [0.25, 0.3) is 22.3 Å². The highest BCUT2D eigenvalue weighted by molar-refractivity contribution is 5.88. The van der Waals surface area contributed by atoms with Crippen molar-refractivity contribution in [2.24, 2.45) is 0 Å². The number of aliphatic carboxylic acids is 1. The van der Waals surface area contributed by atoms with E-state index in [1.165, 1.54) is 0 Å². The van der Waals surface area contributed by atoms with E-state index in [1.807, 2.05) is 0 Å². The van der Waals surface area contributed by atoms with Gasteiger partial charge in [-0.05, 0) is 18.2 Å². The highest BCUT2D eigenvalue weighted by atomic mass is 16.7. The van der Waals surface area contributed by atoms with Gasteiger partial charge in [0.1, 0.15) is 65.2 Å². The number of phenolic OH excluding ortho intramolecular Hbond substituents is 3. The number of ether oxygens (including phenoxy) is 4. The fraction of sp³-hybridized carbons (Fsp3) is 0.407. The van der Waals surface area contributed by atoms with E-state index in [9.17, 15) is 65.8 Å². The third-order valence-corrected chi connectivity index (χ3v) is 7.29. The van der Waals surface area contributed by atoms with Crippen molar-refractivity contribution in [1.82, 2.24) is 0 Å². The van der Waals surface area contributed by atoms with E-state index in [2.05, 4.69) is 0 Å². The zero-order valence-corrected chi connectivity index (χ0v) is 22.6. The molecule has 0 aliphatic carbocycles. The molecule has 0 amide bonds. The van der Waals surface area contributed by atoms with Gasteiger partial charge in [0.15, 0.2) is 23.4 Å². The molecule has 244 valence electrons. The molecule has 2 fully saturated rings. The number of hydrogen-bond donors (Lipinski definition) is 11. The van der Waals surface area contributed by atoms with Crippen LogP contribution in [-0.2, 0) is 14.3 Å². The Morgan fingerprint density at radius 3 is 2.02 bits per heavy atom. The van der Waals surface area contributed by atoms with Crippen LogP contribution in [0.15, 0.2) is 39.5 Å². The van der Waals surface area contributed by atoms with Crippen LogP contribution in [0.1, 0.15) is 0 Å². The topological polar surface area (TPSA) is 307 Å².